The van der Waals surface area contributed by atoms with Gasteiger partial charge in [-0.05, 0) is 36.8 Å². The van der Waals surface area contributed by atoms with Crippen molar-refractivity contribution in [2.45, 2.75) is 13.5 Å². The number of rotatable bonds is 7. The van der Waals surface area contributed by atoms with Crippen LogP contribution in [0.1, 0.15) is 21.5 Å². The van der Waals surface area contributed by atoms with Gasteiger partial charge >= 0.3 is 0 Å². The molecular formula is C21H29IN4O2. The van der Waals surface area contributed by atoms with E-state index in [0.717, 1.165) is 11.3 Å². The van der Waals surface area contributed by atoms with Crippen LogP contribution in [0.15, 0.2) is 53.5 Å². The maximum absolute atomic E-state index is 11.9. The molecule has 0 saturated heterocycles. The second kappa shape index (κ2) is 12.2. The van der Waals surface area contributed by atoms with Gasteiger partial charge in [-0.3, -0.25) is 9.79 Å². The number of halogens is 1. The number of amides is 1. The lowest BCUT2D eigenvalue weighted by Gasteiger charge is -2.13. The monoisotopic (exact) mass is 496 g/mol. The maximum Gasteiger partial charge on any atom is 0.253 e. The van der Waals surface area contributed by atoms with E-state index in [9.17, 15) is 4.79 Å². The highest BCUT2D eigenvalue weighted by Gasteiger charge is 2.07. The zero-order valence-electron chi connectivity index (χ0n) is 16.9. The summed E-state index contributed by atoms with van der Waals surface area (Å²) >= 11 is 0. The number of hydrogen-bond donors (Lipinski definition) is 2. The Balaban J connectivity index is 0.00000392. The number of benzene rings is 2. The Morgan fingerprint density at radius 3 is 2.25 bits per heavy atom. The summed E-state index contributed by atoms with van der Waals surface area (Å²) in [5, 5.41) is 6.47. The first kappa shape index (κ1) is 23.7. The van der Waals surface area contributed by atoms with Crippen LogP contribution < -0.4 is 15.4 Å². The minimum atomic E-state index is 0. The minimum Gasteiger partial charge on any atom is -0.492 e. The molecule has 2 aromatic carbocycles. The van der Waals surface area contributed by atoms with E-state index in [1.54, 1.807) is 26.0 Å². The summed E-state index contributed by atoms with van der Waals surface area (Å²) in [6.07, 6.45) is 0. The normalized spacial score (nSPS) is 10.6. The highest BCUT2D eigenvalue weighted by Crippen LogP contribution is 2.10. The van der Waals surface area contributed by atoms with E-state index in [0.29, 0.717) is 31.2 Å². The molecule has 0 bridgehead atoms. The third-order valence-corrected chi connectivity index (χ3v) is 3.97. The van der Waals surface area contributed by atoms with Gasteiger partial charge in [-0.15, -0.1) is 24.0 Å². The average molecular weight is 496 g/mol. The molecular weight excluding hydrogens is 467 g/mol. The predicted octanol–water partition coefficient (Wildman–Crippen LogP) is 3.06. The number of ether oxygens (including phenoxy) is 1. The number of nitrogens with zero attached hydrogens (tertiary/aromatic N) is 2. The summed E-state index contributed by atoms with van der Waals surface area (Å²) in [5.74, 6) is 1.56. The Morgan fingerprint density at radius 1 is 1.04 bits per heavy atom. The van der Waals surface area contributed by atoms with Crippen LogP contribution in [-0.4, -0.2) is 51.1 Å². The number of nitrogens with one attached hydrogen (secondary N) is 2. The highest BCUT2D eigenvalue weighted by molar-refractivity contribution is 14.0. The van der Waals surface area contributed by atoms with E-state index in [1.165, 1.54) is 5.56 Å². The van der Waals surface area contributed by atoms with Crippen molar-refractivity contribution in [2.24, 2.45) is 4.99 Å². The Bertz CT molecular complexity index is 759. The summed E-state index contributed by atoms with van der Waals surface area (Å²) in [6.45, 7) is 3.86. The van der Waals surface area contributed by atoms with Gasteiger partial charge in [0.2, 0.25) is 0 Å². The second-order valence-electron chi connectivity index (χ2n) is 6.41. The van der Waals surface area contributed by atoms with Crippen molar-refractivity contribution in [1.29, 1.82) is 0 Å². The van der Waals surface area contributed by atoms with Crippen LogP contribution in [0.3, 0.4) is 0 Å². The summed E-state index contributed by atoms with van der Waals surface area (Å²) < 4.78 is 5.69. The van der Waals surface area contributed by atoms with Crippen molar-refractivity contribution in [3.8, 4) is 5.75 Å². The van der Waals surface area contributed by atoms with E-state index in [2.05, 4.69) is 22.5 Å². The molecule has 2 rings (SSSR count). The first-order valence-electron chi connectivity index (χ1n) is 8.94. The van der Waals surface area contributed by atoms with Gasteiger partial charge < -0.3 is 20.3 Å². The largest absolute Gasteiger partial charge is 0.492 e. The van der Waals surface area contributed by atoms with Crippen molar-refractivity contribution < 1.29 is 9.53 Å². The second-order valence-corrected chi connectivity index (χ2v) is 6.41. The Hall–Kier alpha value is -2.29. The lowest BCUT2D eigenvalue weighted by Crippen LogP contribution is -2.38. The van der Waals surface area contributed by atoms with E-state index in [1.807, 2.05) is 48.5 Å². The van der Waals surface area contributed by atoms with Gasteiger partial charge in [0.05, 0.1) is 6.54 Å². The molecule has 6 nitrogen and oxygen atoms in total. The van der Waals surface area contributed by atoms with Crippen LogP contribution >= 0.6 is 24.0 Å². The Kier molecular flexibility index (Phi) is 10.4. The molecule has 0 aliphatic carbocycles. The van der Waals surface area contributed by atoms with Crippen molar-refractivity contribution in [3.05, 3.63) is 65.2 Å². The minimum absolute atomic E-state index is 0. The fraction of sp³-hybridized carbons (Fsp3) is 0.333. The summed E-state index contributed by atoms with van der Waals surface area (Å²) in [4.78, 5) is 17.7. The molecule has 28 heavy (non-hydrogen) atoms. The molecule has 0 radical (unpaired) electrons. The van der Waals surface area contributed by atoms with Crippen LogP contribution in [0, 0.1) is 6.92 Å². The number of guanidine groups is 1. The van der Waals surface area contributed by atoms with Crippen LogP contribution in [-0.2, 0) is 6.54 Å². The molecule has 152 valence electrons. The van der Waals surface area contributed by atoms with E-state index >= 15 is 0 Å². The van der Waals surface area contributed by atoms with Gasteiger partial charge in [-0.1, -0.05) is 29.8 Å². The van der Waals surface area contributed by atoms with Crippen molar-refractivity contribution in [3.63, 3.8) is 0 Å². The standard InChI is InChI=1S/C21H28N4O2.HI/c1-16-5-11-19(12-6-16)27-14-13-23-21(22-2)24-15-17-7-9-18(10-8-17)20(26)25(3)4;/h5-12H,13-15H2,1-4H3,(H2,22,23,24);1H. The lowest BCUT2D eigenvalue weighted by molar-refractivity contribution is 0.0827. The smallest absolute Gasteiger partial charge is 0.253 e. The van der Waals surface area contributed by atoms with Crippen molar-refractivity contribution in [2.75, 3.05) is 34.3 Å². The quantitative estimate of drug-likeness (QED) is 0.268. The number of hydrogen-bond acceptors (Lipinski definition) is 3. The van der Waals surface area contributed by atoms with Gasteiger partial charge in [0, 0.05) is 33.3 Å². The first-order valence-corrected chi connectivity index (χ1v) is 8.94. The SMILES string of the molecule is CN=C(NCCOc1ccc(C)cc1)NCc1ccc(C(=O)N(C)C)cc1.I. The molecule has 0 aliphatic rings. The molecule has 7 heteroatoms. The molecule has 0 unspecified atom stereocenters. The zero-order valence-corrected chi connectivity index (χ0v) is 19.2. The molecule has 0 spiro atoms. The van der Waals surface area contributed by atoms with Gasteiger partial charge in [0.15, 0.2) is 5.96 Å². The maximum atomic E-state index is 11.9. The topological polar surface area (TPSA) is 66.0 Å². The molecule has 1 amide bonds. The number of aliphatic imine (C=N–C) groups is 1. The fourth-order valence-corrected chi connectivity index (χ4v) is 2.40. The van der Waals surface area contributed by atoms with E-state index in [-0.39, 0.29) is 29.9 Å². The molecule has 0 saturated carbocycles. The van der Waals surface area contributed by atoms with Crippen molar-refractivity contribution in [1.82, 2.24) is 15.5 Å². The van der Waals surface area contributed by atoms with Gasteiger partial charge in [-0.2, -0.15) is 0 Å². The van der Waals surface area contributed by atoms with E-state index in [4.69, 9.17) is 4.74 Å². The van der Waals surface area contributed by atoms with E-state index < -0.39 is 0 Å². The summed E-state index contributed by atoms with van der Waals surface area (Å²) in [5.41, 5.74) is 2.97. The molecule has 0 fully saturated rings. The molecule has 0 atom stereocenters. The van der Waals surface area contributed by atoms with Gasteiger partial charge in [-0.25, -0.2) is 0 Å². The average Bonchev–Trinajstić information content (AvgIpc) is 2.68. The summed E-state index contributed by atoms with van der Waals surface area (Å²) in [6, 6.07) is 15.5. The molecule has 0 aromatic heterocycles. The first-order chi connectivity index (χ1) is 13.0. The van der Waals surface area contributed by atoms with Crippen LogP contribution in [0.4, 0.5) is 0 Å². The number of aryl methyl sites for hydroxylation is 1. The molecule has 2 aromatic rings. The Morgan fingerprint density at radius 2 is 1.68 bits per heavy atom. The molecule has 2 N–H and O–H groups in total. The third kappa shape index (κ3) is 7.75. The van der Waals surface area contributed by atoms with Crippen LogP contribution in [0.2, 0.25) is 0 Å². The van der Waals surface area contributed by atoms with Crippen molar-refractivity contribution >= 4 is 35.8 Å². The van der Waals surface area contributed by atoms with Crippen LogP contribution in [0.25, 0.3) is 0 Å². The molecule has 0 aliphatic heterocycles. The zero-order chi connectivity index (χ0) is 19.6. The van der Waals surface area contributed by atoms with Gasteiger partial charge in [0.1, 0.15) is 12.4 Å². The summed E-state index contributed by atoms with van der Waals surface area (Å²) in [7, 11) is 5.22. The number of carbonyl (C=O) groups excluding carboxylic acids is 1. The third-order valence-electron chi connectivity index (χ3n) is 3.97. The van der Waals surface area contributed by atoms with Crippen LogP contribution in [0.5, 0.6) is 5.75 Å². The Labute approximate surface area is 184 Å². The van der Waals surface area contributed by atoms with Gasteiger partial charge in [0.25, 0.3) is 5.91 Å². The lowest BCUT2D eigenvalue weighted by atomic mass is 10.1. The fourth-order valence-electron chi connectivity index (χ4n) is 2.40. The number of carbonyl (C=O) groups is 1. The molecule has 0 heterocycles. The highest BCUT2D eigenvalue weighted by atomic mass is 127. The predicted molar refractivity (Wildman–Crippen MR) is 125 cm³/mol.